The van der Waals surface area contributed by atoms with Crippen LogP contribution in [0.25, 0.3) is 0 Å². The largest absolute Gasteiger partial charge is 0.494 e. The van der Waals surface area contributed by atoms with E-state index in [4.69, 9.17) is 4.74 Å². The van der Waals surface area contributed by atoms with Crippen molar-refractivity contribution in [2.45, 2.75) is 13.8 Å². The number of ketones is 1. The van der Waals surface area contributed by atoms with Crippen molar-refractivity contribution < 1.29 is 13.9 Å². The maximum Gasteiger partial charge on any atom is 0.193 e. The SMILES string of the molecule is CCOc1ccc(C(=O)c2ccc(F)c(C)c2)cc1. The van der Waals surface area contributed by atoms with Crippen LogP contribution in [0, 0.1) is 12.7 Å². The zero-order valence-electron chi connectivity index (χ0n) is 10.9. The summed E-state index contributed by atoms with van der Waals surface area (Å²) in [6.45, 7) is 4.13. The van der Waals surface area contributed by atoms with E-state index in [-0.39, 0.29) is 11.6 Å². The van der Waals surface area contributed by atoms with Crippen molar-refractivity contribution in [3.63, 3.8) is 0 Å². The molecule has 0 aliphatic carbocycles. The van der Waals surface area contributed by atoms with Crippen LogP contribution < -0.4 is 4.74 Å². The Morgan fingerprint density at radius 2 is 1.74 bits per heavy atom. The Balaban J connectivity index is 2.25. The van der Waals surface area contributed by atoms with E-state index in [1.54, 1.807) is 37.3 Å². The van der Waals surface area contributed by atoms with Crippen molar-refractivity contribution in [3.05, 3.63) is 65.0 Å². The van der Waals surface area contributed by atoms with Gasteiger partial charge in [-0.25, -0.2) is 4.39 Å². The second-order valence-corrected chi connectivity index (χ2v) is 4.25. The Morgan fingerprint density at radius 3 is 2.32 bits per heavy atom. The third kappa shape index (κ3) is 2.99. The summed E-state index contributed by atoms with van der Waals surface area (Å²) in [5.74, 6) is 0.309. The molecule has 2 nitrogen and oxygen atoms in total. The van der Waals surface area contributed by atoms with Gasteiger partial charge in [0.1, 0.15) is 11.6 Å². The predicted molar refractivity (Wildman–Crippen MR) is 72.2 cm³/mol. The molecule has 0 spiro atoms. The van der Waals surface area contributed by atoms with E-state index in [1.807, 2.05) is 6.92 Å². The molecule has 0 aliphatic rings. The highest BCUT2D eigenvalue weighted by atomic mass is 19.1. The molecule has 0 fully saturated rings. The third-order valence-electron chi connectivity index (χ3n) is 2.85. The summed E-state index contributed by atoms with van der Waals surface area (Å²) in [6.07, 6.45) is 0. The standard InChI is InChI=1S/C16H15FO2/c1-3-19-14-7-4-12(5-8-14)16(18)13-6-9-15(17)11(2)10-13/h4-10H,3H2,1-2H3. The normalized spacial score (nSPS) is 10.3. The molecule has 0 atom stereocenters. The van der Waals surface area contributed by atoms with E-state index in [2.05, 4.69) is 0 Å². The molecule has 0 bridgehead atoms. The molecule has 3 heteroatoms. The number of carbonyl (C=O) groups excluding carboxylic acids is 1. The van der Waals surface area contributed by atoms with Gasteiger partial charge in [0.05, 0.1) is 6.61 Å². The lowest BCUT2D eigenvalue weighted by molar-refractivity contribution is 0.103. The average molecular weight is 258 g/mol. The van der Waals surface area contributed by atoms with Gasteiger partial charge in [-0.15, -0.1) is 0 Å². The van der Waals surface area contributed by atoms with E-state index >= 15 is 0 Å². The van der Waals surface area contributed by atoms with E-state index in [1.165, 1.54) is 12.1 Å². The van der Waals surface area contributed by atoms with Gasteiger partial charge >= 0.3 is 0 Å². The van der Waals surface area contributed by atoms with Crippen molar-refractivity contribution in [2.75, 3.05) is 6.61 Å². The van der Waals surface area contributed by atoms with E-state index in [0.717, 1.165) is 5.75 Å². The first-order valence-electron chi connectivity index (χ1n) is 6.15. The summed E-state index contributed by atoms with van der Waals surface area (Å²) in [4.78, 5) is 12.2. The maximum atomic E-state index is 13.2. The number of rotatable bonds is 4. The molecule has 0 heterocycles. The van der Waals surface area contributed by atoms with E-state index < -0.39 is 0 Å². The first-order chi connectivity index (χ1) is 9.11. The summed E-state index contributed by atoms with van der Waals surface area (Å²) >= 11 is 0. The van der Waals surface area contributed by atoms with Gasteiger partial charge in [-0.3, -0.25) is 4.79 Å². The minimum atomic E-state index is -0.303. The van der Waals surface area contributed by atoms with Crippen molar-refractivity contribution in [3.8, 4) is 5.75 Å². The molecule has 0 amide bonds. The Morgan fingerprint density at radius 1 is 1.11 bits per heavy atom. The molecular weight excluding hydrogens is 243 g/mol. The van der Waals surface area contributed by atoms with E-state index in [9.17, 15) is 9.18 Å². The lowest BCUT2D eigenvalue weighted by atomic mass is 10.0. The molecule has 0 unspecified atom stereocenters. The topological polar surface area (TPSA) is 26.3 Å². The third-order valence-corrected chi connectivity index (χ3v) is 2.85. The van der Waals surface area contributed by atoms with E-state index in [0.29, 0.717) is 23.3 Å². The Hall–Kier alpha value is -2.16. The fraction of sp³-hybridized carbons (Fsp3) is 0.188. The number of hydrogen-bond donors (Lipinski definition) is 0. The fourth-order valence-electron chi connectivity index (χ4n) is 1.82. The van der Waals surface area contributed by atoms with Crippen molar-refractivity contribution in [1.82, 2.24) is 0 Å². The molecule has 0 saturated heterocycles. The number of benzene rings is 2. The highest BCUT2D eigenvalue weighted by Crippen LogP contribution is 2.17. The Labute approximate surface area is 111 Å². The van der Waals surface area contributed by atoms with Gasteiger partial charge in [0, 0.05) is 11.1 Å². The van der Waals surface area contributed by atoms with Gasteiger partial charge in [-0.05, 0) is 61.9 Å². The molecule has 19 heavy (non-hydrogen) atoms. The first kappa shape index (κ1) is 13.3. The molecule has 0 aliphatic heterocycles. The van der Waals surface area contributed by atoms with Crippen LogP contribution in [-0.4, -0.2) is 12.4 Å². The monoisotopic (exact) mass is 258 g/mol. The minimum Gasteiger partial charge on any atom is -0.494 e. The number of hydrogen-bond acceptors (Lipinski definition) is 2. The predicted octanol–water partition coefficient (Wildman–Crippen LogP) is 3.76. The van der Waals surface area contributed by atoms with Gasteiger partial charge in [-0.2, -0.15) is 0 Å². The van der Waals surface area contributed by atoms with Crippen LogP contribution in [0.1, 0.15) is 28.4 Å². The molecule has 2 aromatic rings. The molecule has 2 rings (SSSR count). The lowest BCUT2D eigenvalue weighted by Gasteiger charge is -2.05. The number of carbonyl (C=O) groups is 1. The van der Waals surface area contributed by atoms with Crippen LogP contribution in [0.15, 0.2) is 42.5 Å². The fourth-order valence-corrected chi connectivity index (χ4v) is 1.82. The quantitative estimate of drug-likeness (QED) is 0.780. The summed E-state index contributed by atoms with van der Waals surface area (Å²) < 4.78 is 18.5. The van der Waals surface area contributed by atoms with Crippen LogP contribution in [0.2, 0.25) is 0 Å². The average Bonchev–Trinajstić information content (AvgIpc) is 2.42. The Bertz CT molecular complexity index is 588. The van der Waals surface area contributed by atoms with Gasteiger partial charge < -0.3 is 4.74 Å². The van der Waals surface area contributed by atoms with Crippen LogP contribution in [0.4, 0.5) is 4.39 Å². The molecule has 0 aromatic heterocycles. The molecule has 98 valence electrons. The molecule has 0 N–H and O–H groups in total. The highest BCUT2D eigenvalue weighted by Gasteiger charge is 2.10. The zero-order valence-corrected chi connectivity index (χ0v) is 10.9. The zero-order chi connectivity index (χ0) is 13.8. The summed E-state index contributed by atoms with van der Waals surface area (Å²) in [6, 6.07) is 11.3. The van der Waals surface area contributed by atoms with Gasteiger partial charge in [0.25, 0.3) is 0 Å². The van der Waals surface area contributed by atoms with Crippen LogP contribution in [0.5, 0.6) is 5.75 Å². The second-order valence-electron chi connectivity index (χ2n) is 4.25. The molecule has 0 saturated carbocycles. The highest BCUT2D eigenvalue weighted by molar-refractivity contribution is 6.09. The Kier molecular flexibility index (Phi) is 3.95. The summed E-state index contributed by atoms with van der Waals surface area (Å²) in [5.41, 5.74) is 1.52. The maximum absolute atomic E-state index is 13.2. The summed E-state index contributed by atoms with van der Waals surface area (Å²) in [5, 5.41) is 0. The number of aryl methyl sites for hydroxylation is 1. The number of halogens is 1. The van der Waals surface area contributed by atoms with Gasteiger partial charge in [0.15, 0.2) is 5.78 Å². The van der Waals surface area contributed by atoms with Crippen LogP contribution >= 0.6 is 0 Å². The molecule has 2 aromatic carbocycles. The van der Waals surface area contributed by atoms with Crippen LogP contribution in [0.3, 0.4) is 0 Å². The number of ether oxygens (including phenoxy) is 1. The first-order valence-corrected chi connectivity index (χ1v) is 6.15. The smallest absolute Gasteiger partial charge is 0.193 e. The van der Waals surface area contributed by atoms with Crippen LogP contribution in [-0.2, 0) is 0 Å². The lowest BCUT2D eigenvalue weighted by Crippen LogP contribution is -2.02. The summed E-state index contributed by atoms with van der Waals surface area (Å²) in [7, 11) is 0. The van der Waals surface area contributed by atoms with Gasteiger partial charge in [-0.1, -0.05) is 0 Å². The molecular formula is C16H15FO2. The molecule has 0 radical (unpaired) electrons. The van der Waals surface area contributed by atoms with Gasteiger partial charge in [0.2, 0.25) is 0 Å². The van der Waals surface area contributed by atoms with Crippen molar-refractivity contribution >= 4 is 5.78 Å². The minimum absolute atomic E-state index is 0.119. The van der Waals surface area contributed by atoms with Crippen molar-refractivity contribution in [2.24, 2.45) is 0 Å². The van der Waals surface area contributed by atoms with Crippen molar-refractivity contribution in [1.29, 1.82) is 0 Å². The second kappa shape index (κ2) is 5.65.